The van der Waals surface area contributed by atoms with Gasteiger partial charge in [-0.2, -0.15) is 0 Å². The van der Waals surface area contributed by atoms with Crippen LogP contribution in [-0.2, 0) is 14.3 Å². The lowest BCUT2D eigenvalue weighted by Crippen LogP contribution is -2.12. The number of hydrogen-bond donors (Lipinski definition) is 0. The first-order valence-corrected chi connectivity index (χ1v) is 4.35. The van der Waals surface area contributed by atoms with Crippen LogP contribution in [0.25, 0.3) is 0 Å². The lowest BCUT2D eigenvalue weighted by Gasteiger charge is -2.06. The summed E-state index contributed by atoms with van der Waals surface area (Å²) in [6.45, 7) is 4.13. The van der Waals surface area contributed by atoms with E-state index in [1.807, 2.05) is 6.92 Å². The summed E-state index contributed by atoms with van der Waals surface area (Å²) < 4.78 is 4.72. The van der Waals surface area contributed by atoms with Crippen molar-refractivity contribution in [3.63, 3.8) is 0 Å². The second-order valence-corrected chi connectivity index (χ2v) is 2.69. The third-order valence-electron chi connectivity index (χ3n) is 1.59. The van der Waals surface area contributed by atoms with E-state index in [1.165, 1.54) is 0 Å². The molecule has 0 radical (unpaired) electrons. The molecule has 0 aromatic carbocycles. The minimum atomic E-state index is -0.275. The fraction of sp³-hybridized carbons (Fsp3) is 0.778. The molecular weight excluding hydrogens is 156 g/mol. The Hall–Kier alpha value is -0.860. The van der Waals surface area contributed by atoms with Crippen molar-refractivity contribution in [1.29, 1.82) is 0 Å². The Morgan fingerprint density at radius 2 is 2.17 bits per heavy atom. The quantitative estimate of drug-likeness (QED) is 0.451. The highest BCUT2D eigenvalue weighted by molar-refractivity contribution is 5.73. The molecule has 0 rings (SSSR count). The van der Waals surface area contributed by atoms with Gasteiger partial charge in [0.1, 0.15) is 6.29 Å². The molecule has 12 heavy (non-hydrogen) atoms. The molecule has 0 heterocycles. The molecule has 0 aliphatic heterocycles. The molecule has 3 heteroatoms. The number of ether oxygens (including phenoxy) is 1. The van der Waals surface area contributed by atoms with Crippen LogP contribution in [0.3, 0.4) is 0 Å². The van der Waals surface area contributed by atoms with Crippen molar-refractivity contribution in [2.75, 3.05) is 6.61 Å². The highest BCUT2D eigenvalue weighted by atomic mass is 16.5. The summed E-state index contributed by atoms with van der Waals surface area (Å²) in [5, 5.41) is 0. The number of hydrogen-bond acceptors (Lipinski definition) is 3. The standard InChI is InChI=1S/C9H16O3/c1-3-5-8(7-10)6-9(11)12-4-2/h7-8H,3-6H2,1-2H3. The fourth-order valence-corrected chi connectivity index (χ4v) is 1.02. The van der Waals surface area contributed by atoms with E-state index < -0.39 is 0 Å². The Balaban J connectivity index is 3.68. The topological polar surface area (TPSA) is 43.4 Å². The SMILES string of the molecule is CCCC(C=O)CC(=O)OCC. The molecule has 0 amide bonds. The van der Waals surface area contributed by atoms with Crippen LogP contribution in [0.2, 0.25) is 0 Å². The van der Waals surface area contributed by atoms with Gasteiger partial charge in [0.25, 0.3) is 0 Å². The molecule has 0 N–H and O–H groups in total. The predicted octanol–water partition coefficient (Wildman–Crippen LogP) is 1.55. The van der Waals surface area contributed by atoms with Crippen molar-refractivity contribution in [3.05, 3.63) is 0 Å². The highest BCUT2D eigenvalue weighted by Gasteiger charge is 2.12. The van der Waals surface area contributed by atoms with Crippen molar-refractivity contribution in [3.8, 4) is 0 Å². The normalized spacial score (nSPS) is 12.2. The van der Waals surface area contributed by atoms with Crippen molar-refractivity contribution < 1.29 is 14.3 Å². The van der Waals surface area contributed by atoms with Gasteiger partial charge < -0.3 is 9.53 Å². The minimum absolute atomic E-state index is 0.158. The summed E-state index contributed by atoms with van der Waals surface area (Å²) in [5.74, 6) is -0.433. The van der Waals surface area contributed by atoms with Gasteiger partial charge in [-0.1, -0.05) is 13.3 Å². The number of esters is 1. The Labute approximate surface area is 73.1 Å². The van der Waals surface area contributed by atoms with Crippen LogP contribution in [0, 0.1) is 5.92 Å². The largest absolute Gasteiger partial charge is 0.466 e. The Morgan fingerprint density at radius 1 is 1.50 bits per heavy atom. The average molecular weight is 172 g/mol. The van der Waals surface area contributed by atoms with Crippen LogP contribution in [0.1, 0.15) is 33.1 Å². The summed E-state index contributed by atoms with van der Waals surface area (Å²) in [6, 6.07) is 0. The summed E-state index contributed by atoms with van der Waals surface area (Å²) >= 11 is 0. The molecule has 1 atom stereocenters. The zero-order valence-corrected chi connectivity index (χ0v) is 7.71. The van der Waals surface area contributed by atoms with Crippen LogP contribution in [-0.4, -0.2) is 18.9 Å². The van der Waals surface area contributed by atoms with Crippen LogP contribution in [0.4, 0.5) is 0 Å². The maximum atomic E-state index is 10.9. The zero-order valence-electron chi connectivity index (χ0n) is 7.71. The molecule has 0 aromatic heterocycles. The first kappa shape index (κ1) is 11.1. The number of rotatable bonds is 6. The van der Waals surface area contributed by atoms with Crippen LogP contribution in [0.5, 0.6) is 0 Å². The van der Waals surface area contributed by atoms with Crippen molar-refractivity contribution in [2.45, 2.75) is 33.1 Å². The van der Waals surface area contributed by atoms with Gasteiger partial charge in [0.2, 0.25) is 0 Å². The van der Waals surface area contributed by atoms with E-state index >= 15 is 0 Å². The smallest absolute Gasteiger partial charge is 0.306 e. The van der Waals surface area contributed by atoms with Gasteiger partial charge in [0.15, 0.2) is 0 Å². The molecule has 0 aromatic rings. The summed E-state index contributed by atoms with van der Waals surface area (Å²) in [7, 11) is 0. The highest BCUT2D eigenvalue weighted by Crippen LogP contribution is 2.08. The summed E-state index contributed by atoms with van der Waals surface area (Å²) in [5.41, 5.74) is 0. The lowest BCUT2D eigenvalue weighted by molar-refractivity contribution is -0.145. The van der Waals surface area contributed by atoms with E-state index in [4.69, 9.17) is 4.74 Å². The maximum Gasteiger partial charge on any atom is 0.306 e. The van der Waals surface area contributed by atoms with Gasteiger partial charge >= 0.3 is 5.97 Å². The van der Waals surface area contributed by atoms with Crippen molar-refractivity contribution >= 4 is 12.3 Å². The zero-order chi connectivity index (χ0) is 9.40. The van der Waals surface area contributed by atoms with E-state index in [0.29, 0.717) is 6.61 Å². The Bertz CT molecular complexity index is 143. The number of carbonyl (C=O) groups excluding carboxylic acids is 2. The first-order valence-electron chi connectivity index (χ1n) is 4.35. The monoisotopic (exact) mass is 172 g/mol. The van der Waals surface area contributed by atoms with Crippen LogP contribution in [0.15, 0.2) is 0 Å². The second kappa shape index (κ2) is 6.83. The average Bonchev–Trinajstić information content (AvgIpc) is 2.04. The molecule has 0 saturated heterocycles. The molecule has 0 aliphatic carbocycles. The van der Waals surface area contributed by atoms with Gasteiger partial charge in [-0.25, -0.2) is 0 Å². The molecule has 0 fully saturated rings. The first-order chi connectivity index (χ1) is 5.74. The molecule has 3 nitrogen and oxygen atoms in total. The molecule has 0 saturated carbocycles. The maximum absolute atomic E-state index is 10.9. The van der Waals surface area contributed by atoms with E-state index in [2.05, 4.69) is 0 Å². The third-order valence-corrected chi connectivity index (χ3v) is 1.59. The molecule has 0 aliphatic rings. The molecule has 0 bridgehead atoms. The molecular formula is C9H16O3. The number of aldehydes is 1. The Kier molecular flexibility index (Phi) is 6.34. The van der Waals surface area contributed by atoms with Crippen LogP contribution < -0.4 is 0 Å². The van der Waals surface area contributed by atoms with E-state index in [1.54, 1.807) is 6.92 Å². The minimum Gasteiger partial charge on any atom is -0.466 e. The summed E-state index contributed by atoms with van der Waals surface area (Å²) in [6.07, 6.45) is 2.75. The molecule has 0 spiro atoms. The van der Waals surface area contributed by atoms with Gasteiger partial charge in [-0.3, -0.25) is 4.79 Å². The lowest BCUT2D eigenvalue weighted by atomic mass is 10.0. The van der Waals surface area contributed by atoms with Crippen molar-refractivity contribution in [2.24, 2.45) is 5.92 Å². The van der Waals surface area contributed by atoms with Gasteiger partial charge in [-0.15, -0.1) is 0 Å². The van der Waals surface area contributed by atoms with E-state index in [0.717, 1.165) is 19.1 Å². The van der Waals surface area contributed by atoms with Gasteiger partial charge in [-0.05, 0) is 13.3 Å². The van der Waals surface area contributed by atoms with Crippen molar-refractivity contribution in [1.82, 2.24) is 0 Å². The third kappa shape index (κ3) is 4.88. The van der Waals surface area contributed by atoms with Gasteiger partial charge in [0.05, 0.1) is 13.0 Å². The number of carbonyl (C=O) groups is 2. The molecule has 1 unspecified atom stereocenters. The molecule has 70 valence electrons. The predicted molar refractivity (Wildman–Crippen MR) is 45.7 cm³/mol. The van der Waals surface area contributed by atoms with Gasteiger partial charge in [0, 0.05) is 5.92 Å². The van der Waals surface area contributed by atoms with Crippen LogP contribution >= 0.6 is 0 Å². The summed E-state index contributed by atoms with van der Waals surface area (Å²) in [4.78, 5) is 21.3. The van der Waals surface area contributed by atoms with E-state index in [-0.39, 0.29) is 18.3 Å². The fourth-order valence-electron chi connectivity index (χ4n) is 1.02. The Morgan fingerprint density at radius 3 is 2.58 bits per heavy atom. The van der Waals surface area contributed by atoms with E-state index in [9.17, 15) is 9.59 Å². The second-order valence-electron chi connectivity index (χ2n) is 2.69.